The second-order valence-corrected chi connectivity index (χ2v) is 7.52. The number of rotatable bonds is 8. The molecule has 2 aromatic rings. The number of nitrogens with one attached hydrogen (secondary N) is 1. The fourth-order valence-corrected chi connectivity index (χ4v) is 3.23. The van der Waals surface area contributed by atoms with Gasteiger partial charge in [-0.2, -0.15) is 0 Å². The maximum atomic E-state index is 12.1. The molecular weight excluding hydrogens is 350 g/mol. The first-order chi connectivity index (χ1) is 12.4. The highest BCUT2D eigenvalue weighted by Crippen LogP contribution is 2.10. The zero-order chi connectivity index (χ0) is 19.0. The van der Waals surface area contributed by atoms with Crippen molar-refractivity contribution in [1.29, 1.82) is 0 Å². The van der Waals surface area contributed by atoms with E-state index in [1.165, 1.54) is 0 Å². The van der Waals surface area contributed by atoms with Crippen LogP contribution in [-0.4, -0.2) is 27.5 Å². The van der Waals surface area contributed by atoms with E-state index in [1.54, 1.807) is 49.4 Å². The van der Waals surface area contributed by atoms with Gasteiger partial charge in [-0.1, -0.05) is 42.0 Å². The summed E-state index contributed by atoms with van der Waals surface area (Å²) in [5.41, 5.74) is 2.55. The third-order valence-electron chi connectivity index (χ3n) is 3.71. The van der Waals surface area contributed by atoms with Crippen molar-refractivity contribution in [3.05, 3.63) is 77.4 Å². The van der Waals surface area contributed by atoms with Crippen LogP contribution in [0.15, 0.2) is 65.6 Å². The van der Waals surface area contributed by atoms with E-state index in [-0.39, 0.29) is 17.4 Å². The molecule has 0 saturated heterocycles. The standard InChI is InChI=1S/C20H23NO4S/c1-3-25-20(22)18-11-9-17(10-12-18)6-4-5-15-21-26(23,24)19-13-7-16(2)8-14-19/h4-5,7-14,21H,3,6,15H2,1-2H3/b5-4-. The van der Waals surface area contributed by atoms with E-state index in [9.17, 15) is 13.2 Å². The van der Waals surface area contributed by atoms with Gasteiger partial charge in [0.1, 0.15) is 0 Å². The van der Waals surface area contributed by atoms with Gasteiger partial charge in [-0.3, -0.25) is 0 Å². The molecule has 2 rings (SSSR count). The molecule has 5 nitrogen and oxygen atoms in total. The van der Waals surface area contributed by atoms with Gasteiger partial charge < -0.3 is 4.74 Å². The minimum Gasteiger partial charge on any atom is -0.462 e. The molecule has 0 aromatic heterocycles. The molecule has 2 aromatic carbocycles. The number of carbonyl (C=O) groups excluding carboxylic acids is 1. The number of hydrogen-bond donors (Lipinski definition) is 1. The third-order valence-corrected chi connectivity index (χ3v) is 5.15. The largest absolute Gasteiger partial charge is 0.462 e. The first kappa shape index (κ1) is 19.9. The van der Waals surface area contributed by atoms with Crippen LogP contribution in [0.5, 0.6) is 0 Å². The molecule has 0 aliphatic rings. The van der Waals surface area contributed by atoms with Gasteiger partial charge in [0, 0.05) is 6.54 Å². The van der Waals surface area contributed by atoms with Crippen LogP contribution in [0.3, 0.4) is 0 Å². The maximum Gasteiger partial charge on any atom is 0.338 e. The molecule has 26 heavy (non-hydrogen) atoms. The van der Waals surface area contributed by atoms with Gasteiger partial charge in [-0.05, 0) is 50.1 Å². The number of esters is 1. The van der Waals surface area contributed by atoms with Gasteiger partial charge in [-0.15, -0.1) is 0 Å². The predicted octanol–water partition coefficient (Wildman–Crippen LogP) is 3.25. The lowest BCUT2D eigenvalue weighted by molar-refractivity contribution is 0.0526. The average Bonchev–Trinajstić information content (AvgIpc) is 2.62. The molecule has 0 spiro atoms. The Morgan fingerprint density at radius 1 is 1.04 bits per heavy atom. The molecule has 0 amide bonds. The zero-order valence-electron chi connectivity index (χ0n) is 14.9. The molecule has 0 bridgehead atoms. The molecule has 0 aliphatic heterocycles. The fraction of sp³-hybridized carbons (Fsp3) is 0.250. The van der Waals surface area contributed by atoms with Crippen LogP contribution in [0.2, 0.25) is 0 Å². The highest BCUT2D eigenvalue weighted by atomic mass is 32.2. The summed E-state index contributed by atoms with van der Waals surface area (Å²) in [4.78, 5) is 11.8. The number of sulfonamides is 1. The summed E-state index contributed by atoms with van der Waals surface area (Å²) in [6.07, 6.45) is 4.30. The zero-order valence-corrected chi connectivity index (χ0v) is 15.8. The van der Waals surface area contributed by atoms with E-state index in [2.05, 4.69) is 4.72 Å². The Labute approximate surface area is 154 Å². The smallest absolute Gasteiger partial charge is 0.338 e. The van der Waals surface area contributed by atoms with E-state index in [0.717, 1.165) is 11.1 Å². The second kappa shape index (κ2) is 9.31. The average molecular weight is 373 g/mol. The van der Waals surface area contributed by atoms with E-state index in [4.69, 9.17) is 4.74 Å². The summed E-state index contributed by atoms with van der Waals surface area (Å²) >= 11 is 0. The number of benzene rings is 2. The Morgan fingerprint density at radius 3 is 2.31 bits per heavy atom. The number of aryl methyl sites for hydroxylation is 1. The molecule has 0 atom stereocenters. The first-order valence-corrected chi connectivity index (χ1v) is 9.88. The number of allylic oxidation sites excluding steroid dienone is 1. The lowest BCUT2D eigenvalue weighted by Gasteiger charge is -2.05. The Hall–Kier alpha value is -2.44. The summed E-state index contributed by atoms with van der Waals surface area (Å²) in [5, 5.41) is 0. The molecule has 0 fully saturated rings. The van der Waals surface area contributed by atoms with Crippen LogP contribution in [0.1, 0.15) is 28.4 Å². The monoisotopic (exact) mass is 373 g/mol. The topological polar surface area (TPSA) is 72.5 Å². The van der Waals surface area contributed by atoms with Crippen molar-refractivity contribution in [2.45, 2.75) is 25.2 Å². The fourth-order valence-electron chi connectivity index (χ4n) is 2.25. The summed E-state index contributed by atoms with van der Waals surface area (Å²) < 4.78 is 31.8. The van der Waals surface area contributed by atoms with Gasteiger partial charge in [0.2, 0.25) is 10.0 Å². The normalized spacial score (nSPS) is 11.6. The summed E-state index contributed by atoms with van der Waals surface area (Å²) in [6, 6.07) is 13.9. The molecule has 138 valence electrons. The number of hydrogen-bond acceptors (Lipinski definition) is 4. The molecule has 0 heterocycles. The van der Waals surface area contributed by atoms with Crippen LogP contribution < -0.4 is 4.72 Å². The molecule has 0 unspecified atom stereocenters. The van der Waals surface area contributed by atoms with E-state index in [0.29, 0.717) is 18.6 Å². The predicted molar refractivity (Wildman–Crippen MR) is 102 cm³/mol. The number of carbonyl (C=O) groups is 1. The van der Waals surface area contributed by atoms with Crippen molar-refractivity contribution in [3.8, 4) is 0 Å². The van der Waals surface area contributed by atoms with Crippen molar-refractivity contribution in [2.24, 2.45) is 0 Å². The molecular formula is C20H23NO4S. The van der Waals surface area contributed by atoms with Gasteiger partial charge >= 0.3 is 5.97 Å². The van der Waals surface area contributed by atoms with Crippen LogP contribution >= 0.6 is 0 Å². The molecule has 6 heteroatoms. The van der Waals surface area contributed by atoms with Gasteiger partial charge in [-0.25, -0.2) is 17.9 Å². The van der Waals surface area contributed by atoms with Crippen LogP contribution in [0.25, 0.3) is 0 Å². The lowest BCUT2D eigenvalue weighted by atomic mass is 10.1. The molecule has 0 aliphatic carbocycles. The maximum absolute atomic E-state index is 12.1. The molecule has 1 N–H and O–H groups in total. The Kier molecular flexibility index (Phi) is 7.12. The van der Waals surface area contributed by atoms with Crippen molar-refractivity contribution < 1.29 is 17.9 Å². The van der Waals surface area contributed by atoms with Crippen molar-refractivity contribution >= 4 is 16.0 Å². The lowest BCUT2D eigenvalue weighted by Crippen LogP contribution is -2.23. The van der Waals surface area contributed by atoms with Crippen LogP contribution in [0, 0.1) is 6.92 Å². The van der Waals surface area contributed by atoms with Crippen molar-refractivity contribution in [1.82, 2.24) is 4.72 Å². The molecule has 0 radical (unpaired) electrons. The Balaban J connectivity index is 1.83. The summed E-state index contributed by atoms with van der Waals surface area (Å²) in [5.74, 6) is -0.333. The highest BCUT2D eigenvalue weighted by molar-refractivity contribution is 7.89. The van der Waals surface area contributed by atoms with Crippen LogP contribution in [-0.2, 0) is 21.2 Å². The van der Waals surface area contributed by atoms with Crippen molar-refractivity contribution in [3.63, 3.8) is 0 Å². The first-order valence-electron chi connectivity index (χ1n) is 8.40. The Bertz CT molecular complexity index is 854. The minimum atomic E-state index is -3.50. The van der Waals surface area contributed by atoms with E-state index in [1.807, 2.05) is 25.1 Å². The van der Waals surface area contributed by atoms with Crippen molar-refractivity contribution in [2.75, 3.05) is 13.2 Å². The van der Waals surface area contributed by atoms with Gasteiger partial charge in [0.15, 0.2) is 0 Å². The SMILES string of the molecule is CCOC(=O)c1ccc(C/C=C\CNS(=O)(=O)c2ccc(C)cc2)cc1. The number of ether oxygens (including phenoxy) is 1. The summed E-state index contributed by atoms with van der Waals surface area (Å²) in [7, 11) is -3.50. The van der Waals surface area contributed by atoms with E-state index < -0.39 is 10.0 Å². The quantitative estimate of drug-likeness (QED) is 0.569. The Morgan fingerprint density at radius 2 is 1.69 bits per heavy atom. The highest BCUT2D eigenvalue weighted by Gasteiger charge is 2.11. The summed E-state index contributed by atoms with van der Waals surface area (Å²) in [6.45, 7) is 4.24. The van der Waals surface area contributed by atoms with Gasteiger partial charge in [0.25, 0.3) is 0 Å². The third kappa shape index (κ3) is 5.82. The van der Waals surface area contributed by atoms with Gasteiger partial charge in [0.05, 0.1) is 17.1 Å². The second-order valence-electron chi connectivity index (χ2n) is 5.76. The minimum absolute atomic E-state index is 0.219. The van der Waals surface area contributed by atoms with Crippen LogP contribution in [0.4, 0.5) is 0 Å². The molecule has 0 saturated carbocycles. The van der Waals surface area contributed by atoms with E-state index >= 15 is 0 Å².